The third-order valence-corrected chi connectivity index (χ3v) is 3.99. The number of hydrogen-bond donors (Lipinski definition) is 2. The molecule has 21 heavy (non-hydrogen) atoms. The zero-order chi connectivity index (χ0) is 15.6. The van der Waals surface area contributed by atoms with Crippen molar-refractivity contribution < 1.29 is 24.2 Å². The van der Waals surface area contributed by atoms with E-state index in [1.165, 1.54) is 7.11 Å². The van der Waals surface area contributed by atoms with Crippen molar-refractivity contribution >= 4 is 27.8 Å². The molecule has 7 heteroatoms. The summed E-state index contributed by atoms with van der Waals surface area (Å²) < 4.78 is 11.2. The predicted molar refractivity (Wildman–Crippen MR) is 78.3 cm³/mol. The number of nitrogens with one attached hydrogen (secondary N) is 1. The van der Waals surface area contributed by atoms with Crippen LogP contribution >= 0.6 is 15.9 Å². The lowest BCUT2D eigenvalue weighted by Crippen LogP contribution is -2.25. The Morgan fingerprint density at radius 3 is 2.57 bits per heavy atom. The molecule has 0 aromatic heterocycles. The minimum absolute atomic E-state index is 0.228. The number of rotatable bonds is 6. The third kappa shape index (κ3) is 3.47. The first kappa shape index (κ1) is 15.6. The zero-order valence-electron chi connectivity index (χ0n) is 11.7. The van der Waals surface area contributed by atoms with E-state index in [-0.39, 0.29) is 5.91 Å². The van der Waals surface area contributed by atoms with Crippen LogP contribution in [0.3, 0.4) is 0 Å². The molecule has 1 aliphatic carbocycles. The third-order valence-electron chi connectivity index (χ3n) is 3.40. The Balaban J connectivity index is 1.99. The Labute approximate surface area is 130 Å². The van der Waals surface area contributed by atoms with E-state index in [4.69, 9.17) is 14.6 Å². The van der Waals surface area contributed by atoms with E-state index in [0.29, 0.717) is 24.5 Å². The number of methoxy groups -OCH3 is 2. The van der Waals surface area contributed by atoms with Gasteiger partial charge in [0.15, 0.2) is 11.5 Å². The maximum Gasteiger partial charge on any atom is 0.307 e. The lowest BCUT2D eigenvalue weighted by Gasteiger charge is -2.12. The van der Waals surface area contributed by atoms with Gasteiger partial charge in [-0.25, -0.2) is 0 Å². The Bertz CT molecular complexity index is 575. The molecular formula is C14H16BrNO5. The molecule has 1 saturated carbocycles. The average Bonchev–Trinajstić information content (AvgIpc) is 3.24. The molecule has 1 aromatic rings. The van der Waals surface area contributed by atoms with Gasteiger partial charge in [0.25, 0.3) is 0 Å². The molecule has 114 valence electrons. The van der Waals surface area contributed by atoms with Gasteiger partial charge in [0.2, 0.25) is 5.91 Å². The minimum atomic E-state index is -0.913. The van der Waals surface area contributed by atoms with Crippen molar-refractivity contribution in [2.75, 3.05) is 14.2 Å². The Morgan fingerprint density at radius 2 is 2.05 bits per heavy atom. The summed E-state index contributed by atoms with van der Waals surface area (Å²) >= 11 is 3.38. The molecule has 2 atom stereocenters. The Morgan fingerprint density at radius 1 is 1.33 bits per heavy atom. The fourth-order valence-corrected chi connectivity index (χ4v) is 2.80. The second kappa shape index (κ2) is 6.34. The van der Waals surface area contributed by atoms with Crippen LogP contribution in [0.5, 0.6) is 11.5 Å². The molecule has 2 rings (SSSR count). The summed E-state index contributed by atoms with van der Waals surface area (Å²) in [5.41, 5.74) is 0.834. The highest BCUT2D eigenvalue weighted by atomic mass is 79.9. The van der Waals surface area contributed by atoms with Gasteiger partial charge >= 0.3 is 5.97 Å². The van der Waals surface area contributed by atoms with Crippen LogP contribution in [0.25, 0.3) is 0 Å². The van der Waals surface area contributed by atoms with E-state index in [1.807, 2.05) is 6.07 Å². The van der Waals surface area contributed by atoms with E-state index >= 15 is 0 Å². The number of hydrogen-bond acceptors (Lipinski definition) is 4. The molecule has 1 aromatic carbocycles. The minimum Gasteiger partial charge on any atom is -0.493 e. The molecule has 0 saturated heterocycles. The molecular weight excluding hydrogens is 342 g/mol. The second-order valence-corrected chi connectivity index (χ2v) is 5.67. The average molecular weight is 358 g/mol. The van der Waals surface area contributed by atoms with Gasteiger partial charge in [-0.1, -0.05) is 0 Å². The predicted octanol–water partition coefficient (Wildman–Crippen LogP) is 1.80. The molecule has 0 unspecified atom stereocenters. The van der Waals surface area contributed by atoms with Crippen LogP contribution in [-0.4, -0.2) is 31.2 Å². The van der Waals surface area contributed by atoms with Gasteiger partial charge in [-0.15, -0.1) is 0 Å². The van der Waals surface area contributed by atoms with Crippen molar-refractivity contribution in [2.45, 2.75) is 13.0 Å². The SMILES string of the molecule is COc1cc(CNC(=O)[C@H]2C[C@H]2C(=O)O)cc(Br)c1OC. The fraction of sp³-hybridized carbons (Fsp3) is 0.429. The summed E-state index contributed by atoms with van der Waals surface area (Å²) in [5.74, 6) is -0.947. The number of carbonyl (C=O) groups excluding carboxylic acids is 1. The highest BCUT2D eigenvalue weighted by Crippen LogP contribution is 2.39. The number of carboxylic acids is 1. The Hall–Kier alpha value is -1.76. The molecule has 1 amide bonds. The first-order valence-electron chi connectivity index (χ1n) is 6.38. The van der Waals surface area contributed by atoms with Gasteiger partial charge in [0.05, 0.1) is 30.5 Å². The smallest absolute Gasteiger partial charge is 0.307 e. The maximum atomic E-state index is 11.8. The molecule has 6 nitrogen and oxygen atoms in total. The molecule has 2 N–H and O–H groups in total. The number of amides is 1. The zero-order valence-corrected chi connectivity index (χ0v) is 13.3. The van der Waals surface area contributed by atoms with Crippen LogP contribution in [0.15, 0.2) is 16.6 Å². The number of ether oxygens (including phenoxy) is 2. The van der Waals surface area contributed by atoms with E-state index in [2.05, 4.69) is 21.2 Å². The molecule has 1 fully saturated rings. The summed E-state index contributed by atoms with van der Waals surface area (Å²) in [6.07, 6.45) is 0.413. The normalized spacial score (nSPS) is 19.8. The van der Waals surface area contributed by atoms with Crippen LogP contribution in [0, 0.1) is 11.8 Å². The number of carbonyl (C=O) groups is 2. The van der Waals surface area contributed by atoms with Crippen molar-refractivity contribution in [3.63, 3.8) is 0 Å². The largest absolute Gasteiger partial charge is 0.493 e. The van der Waals surface area contributed by atoms with Crippen molar-refractivity contribution in [3.05, 3.63) is 22.2 Å². The second-order valence-electron chi connectivity index (χ2n) is 4.82. The van der Waals surface area contributed by atoms with E-state index < -0.39 is 17.8 Å². The van der Waals surface area contributed by atoms with Gasteiger partial charge < -0.3 is 19.9 Å². The Kier molecular flexibility index (Phi) is 4.72. The molecule has 1 aliphatic rings. The van der Waals surface area contributed by atoms with Gasteiger partial charge in [-0.2, -0.15) is 0 Å². The lowest BCUT2D eigenvalue weighted by molar-refractivity contribution is -0.140. The van der Waals surface area contributed by atoms with Crippen molar-refractivity contribution in [3.8, 4) is 11.5 Å². The highest BCUT2D eigenvalue weighted by Gasteiger charge is 2.48. The lowest BCUT2D eigenvalue weighted by atomic mass is 10.2. The number of halogens is 1. The summed E-state index contributed by atoms with van der Waals surface area (Å²) in [5, 5.41) is 11.5. The van der Waals surface area contributed by atoms with Crippen LogP contribution in [0.4, 0.5) is 0 Å². The van der Waals surface area contributed by atoms with Crippen molar-refractivity contribution in [1.82, 2.24) is 5.32 Å². The van der Waals surface area contributed by atoms with Crippen LogP contribution in [0.1, 0.15) is 12.0 Å². The van der Waals surface area contributed by atoms with Crippen LogP contribution in [-0.2, 0) is 16.1 Å². The molecule has 0 radical (unpaired) electrons. The maximum absolute atomic E-state index is 11.8. The van der Waals surface area contributed by atoms with E-state index in [1.54, 1.807) is 13.2 Å². The van der Waals surface area contributed by atoms with E-state index in [0.717, 1.165) is 10.0 Å². The first-order valence-corrected chi connectivity index (χ1v) is 7.18. The first-order chi connectivity index (χ1) is 9.97. The van der Waals surface area contributed by atoms with Crippen LogP contribution < -0.4 is 14.8 Å². The van der Waals surface area contributed by atoms with E-state index in [9.17, 15) is 9.59 Å². The standard InChI is InChI=1S/C14H16BrNO5/c1-20-11-4-7(3-10(15)12(11)21-2)6-16-13(17)8-5-9(8)14(18)19/h3-4,8-9H,5-6H2,1-2H3,(H,16,17)(H,18,19)/t8-,9+/m0/s1. The summed E-state index contributed by atoms with van der Waals surface area (Å²) in [7, 11) is 3.08. The fourth-order valence-electron chi connectivity index (χ4n) is 2.15. The van der Waals surface area contributed by atoms with Crippen molar-refractivity contribution in [1.29, 1.82) is 0 Å². The van der Waals surface area contributed by atoms with Crippen LogP contribution in [0.2, 0.25) is 0 Å². The van der Waals surface area contributed by atoms with Crippen molar-refractivity contribution in [2.24, 2.45) is 11.8 Å². The van der Waals surface area contributed by atoms with Gasteiger partial charge in [0, 0.05) is 6.54 Å². The molecule has 0 spiro atoms. The molecule has 0 aliphatic heterocycles. The number of benzene rings is 1. The summed E-state index contributed by atoms with van der Waals surface area (Å²) in [6, 6.07) is 3.59. The summed E-state index contributed by atoms with van der Waals surface area (Å²) in [6.45, 7) is 0.306. The van der Waals surface area contributed by atoms with Gasteiger partial charge in [-0.05, 0) is 40.0 Å². The van der Waals surface area contributed by atoms with Gasteiger partial charge in [0.1, 0.15) is 0 Å². The number of carboxylic acid groups (broad SMARTS) is 1. The summed E-state index contributed by atoms with van der Waals surface area (Å²) in [4.78, 5) is 22.5. The monoisotopic (exact) mass is 357 g/mol. The highest BCUT2D eigenvalue weighted by molar-refractivity contribution is 9.10. The number of aliphatic carboxylic acids is 1. The topological polar surface area (TPSA) is 84.9 Å². The molecule has 0 bridgehead atoms. The van der Waals surface area contributed by atoms with Gasteiger partial charge in [-0.3, -0.25) is 9.59 Å². The molecule has 0 heterocycles. The quantitative estimate of drug-likeness (QED) is 0.810.